The summed E-state index contributed by atoms with van der Waals surface area (Å²) in [6, 6.07) is 0. The summed E-state index contributed by atoms with van der Waals surface area (Å²) in [6.45, 7) is 5.44. The van der Waals surface area contributed by atoms with Crippen molar-refractivity contribution in [3.8, 4) is 0 Å². The van der Waals surface area contributed by atoms with Gasteiger partial charge in [-0.25, -0.2) is 0 Å². The van der Waals surface area contributed by atoms with E-state index in [4.69, 9.17) is 9.47 Å². The molecule has 2 rings (SSSR count). The predicted octanol–water partition coefficient (Wildman–Crippen LogP) is 2.00. The average Bonchev–Trinajstić information content (AvgIpc) is 2.05. The standard InChI is InChI=1S/C12H20O3/c1-11(2,10(13)14-3)12(7-15-8-12)9-5-4-6-9/h9H,4-8H2,1-3H3. The maximum Gasteiger partial charge on any atom is 0.311 e. The second-order valence-corrected chi connectivity index (χ2v) is 5.39. The molecule has 3 heteroatoms. The van der Waals surface area contributed by atoms with Gasteiger partial charge in [0.05, 0.1) is 25.7 Å². The van der Waals surface area contributed by atoms with Gasteiger partial charge in [-0.15, -0.1) is 0 Å². The summed E-state index contributed by atoms with van der Waals surface area (Å²) >= 11 is 0. The van der Waals surface area contributed by atoms with Gasteiger partial charge < -0.3 is 9.47 Å². The lowest BCUT2D eigenvalue weighted by Crippen LogP contribution is -2.61. The molecule has 1 saturated carbocycles. The highest BCUT2D eigenvalue weighted by Gasteiger charge is 2.60. The lowest BCUT2D eigenvalue weighted by atomic mass is 9.52. The van der Waals surface area contributed by atoms with Crippen molar-refractivity contribution in [2.45, 2.75) is 33.1 Å². The zero-order valence-electron chi connectivity index (χ0n) is 9.84. The van der Waals surface area contributed by atoms with Crippen LogP contribution in [0, 0.1) is 16.7 Å². The van der Waals surface area contributed by atoms with Gasteiger partial charge in [-0.1, -0.05) is 6.42 Å². The number of hydrogen-bond acceptors (Lipinski definition) is 3. The van der Waals surface area contributed by atoms with E-state index in [1.807, 2.05) is 13.8 Å². The van der Waals surface area contributed by atoms with Crippen molar-refractivity contribution >= 4 is 5.97 Å². The minimum absolute atomic E-state index is 0.0400. The Labute approximate surface area is 91.1 Å². The van der Waals surface area contributed by atoms with Crippen LogP contribution in [0.25, 0.3) is 0 Å². The van der Waals surface area contributed by atoms with Gasteiger partial charge in [0.25, 0.3) is 0 Å². The Balaban J connectivity index is 2.20. The SMILES string of the molecule is COC(=O)C(C)(C)C1(C2CCC2)COC1. The molecule has 0 radical (unpaired) electrons. The molecular formula is C12H20O3. The first-order valence-corrected chi connectivity index (χ1v) is 5.71. The molecule has 0 N–H and O–H groups in total. The van der Waals surface area contributed by atoms with Gasteiger partial charge >= 0.3 is 5.97 Å². The van der Waals surface area contributed by atoms with E-state index in [1.165, 1.54) is 26.4 Å². The van der Waals surface area contributed by atoms with Crippen LogP contribution in [-0.2, 0) is 14.3 Å². The van der Waals surface area contributed by atoms with Gasteiger partial charge in [0, 0.05) is 5.41 Å². The van der Waals surface area contributed by atoms with E-state index in [2.05, 4.69) is 0 Å². The van der Waals surface area contributed by atoms with Crippen molar-refractivity contribution in [2.24, 2.45) is 16.7 Å². The van der Waals surface area contributed by atoms with E-state index < -0.39 is 5.41 Å². The highest BCUT2D eigenvalue weighted by atomic mass is 16.5. The summed E-state index contributed by atoms with van der Waals surface area (Å²) in [5, 5.41) is 0. The third-order valence-corrected chi connectivity index (χ3v) is 4.55. The number of ether oxygens (including phenoxy) is 2. The van der Waals surface area contributed by atoms with Gasteiger partial charge in [-0.2, -0.15) is 0 Å². The van der Waals surface area contributed by atoms with E-state index >= 15 is 0 Å². The molecule has 0 spiro atoms. The van der Waals surface area contributed by atoms with E-state index in [0.29, 0.717) is 5.92 Å². The Morgan fingerprint density at radius 2 is 2.00 bits per heavy atom. The van der Waals surface area contributed by atoms with Crippen LogP contribution < -0.4 is 0 Å². The third kappa shape index (κ3) is 1.32. The molecule has 1 saturated heterocycles. The number of carbonyl (C=O) groups excluding carboxylic acids is 1. The first-order chi connectivity index (χ1) is 7.04. The number of rotatable bonds is 3. The monoisotopic (exact) mass is 212 g/mol. The number of carbonyl (C=O) groups is 1. The third-order valence-electron chi connectivity index (χ3n) is 4.55. The highest BCUT2D eigenvalue weighted by Crippen LogP contribution is 2.56. The van der Waals surface area contributed by atoms with Crippen LogP contribution in [0.2, 0.25) is 0 Å². The second kappa shape index (κ2) is 3.48. The average molecular weight is 212 g/mol. The summed E-state index contributed by atoms with van der Waals surface area (Å²) in [5.74, 6) is 0.554. The second-order valence-electron chi connectivity index (χ2n) is 5.39. The Kier molecular flexibility index (Phi) is 2.53. The number of esters is 1. The van der Waals surface area contributed by atoms with Crippen molar-refractivity contribution in [3.63, 3.8) is 0 Å². The minimum Gasteiger partial charge on any atom is -0.469 e. The molecule has 0 unspecified atom stereocenters. The van der Waals surface area contributed by atoms with E-state index in [0.717, 1.165) is 13.2 Å². The van der Waals surface area contributed by atoms with Crippen molar-refractivity contribution < 1.29 is 14.3 Å². The lowest BCUT2D eigenvalue weighted by Gasteiger charge is -2.57. The van der Waals surface area contributed by atoms with Crippen LogP contribution >= 0.6 is 0 Å². The number of methoxy groups -OCH3 is 1. The van der Waals surface area contributed by atoms with Crippen LogP contribution in [0.15, 0.2) is 0 Å². The Morgan fingerprint density at radius 3 is 2.27 bits per heavy atom. The van der Waals surface area contributed by atoms with Crippen molar-refractivity contribution in [2.75, 3.05) is 20.3 Å². The molecule has 0 amide bonds. The Bertz CT molecular complexity index is 262. The lowest BCUT2D eigenvalue weighted by molar-refractivity contribution is -0.229. The van der Waals surface area contributed by atoms with Crippen LogP contribution in [0.5, 0.6) is 0 Å². The minimum atomic E-state index is -0.412. The zero-order valence-corrected chi connectivity index (χ0v) is 9.84. The predicted molar refractivity (Wildman–Crippen MR) is 56.4 cm³/mol. The van der Waals surface area contributed by atoms with E-state index in [9.17, 15) is 4.79 Å². The van der Waals surface area contributed by atoms with Crippen molar-refractivity contribution in [1.29, 1.82) is 0 Å². The molecule has 0 bridgehead atoms. The quantitative estimate of drug-likeness (QED) is 0.671. The van der Waals surface area contributed by atoms with E-state index in [-0.39, 0.29) is 11.4 Å². The summed E-state index contributed by atoms with van der Waals surface area (Å²) in [4.78, 5) is 11.8. The maximum atomic E-state index is 11.8. The molecule has 1 heterocycles. The van der Waals surface area contributed by atoms with Gasteiger partial charge in [0.2, 0.25) is 0 Å². The summed E-state index contributed by atoms with van der Waals surface area (Å²) < 4.78 is 10.3. The molecule has 2 fully saturated rings. The Hall–Kier alpha value is -0.570. The van der Waals surface area contributed by atoms with Crippen molar-refractivity contribution in [1.82, 2.24) is 0 Å². The van der Waals surface area contributed by atoms with Gasteiger partial charge in [-0.05, 0) is 32.6 Å². The molecule has 0 aromatic heterocycles. The van der Waals surface area contributed by atoms with Crippen molar-refractivity contribution in [3.05, 3.63) is 0 Å². The molecule has 3 nitrogen and oxygen atoms in total. The molecule has 15 heavy (non-hydrogen) atoms. The molecule has 0 atom stereocenters. The van der Waals surface area contributed by atoms with Crippen LogP contribution in [0.3, 0.4) is 0 Å². The fraction of sp³-hybridized carbons (Fsp3) is 0.917. The normalized spacial score (nSPS) is 25.3. The molecule has 2 aliphatic rings. The summed E-state index contributed by atoms with van der Waals surface area (Å²) in [7, 11) is 1.47. The van der Waals surface area contributed by atoms with Gasteiger partial charge in [0.1, 0.15) is 0 Å². The van der Waals surface area contributed by atoms with Crippen LogP contribution in [0.1, 0.15) is 33.1 Å². The smallest absolute Gasteiger partial charge is 0.311 e. The summed E-state index contributed by atoms with van der Waals surface area (Å²) in [5.41, 5.74) is -0.372. The summed E-state index contributed by atoms with van der Waals surface area (Å²) in [6.07, 6.45) is 3.78. The fourth-order valence-corrected chi connectivity index (χ4v) is 2.85. The zero-order chi connectivity index (χ0) is 11.1. The highest BCUT2D eigenvalue weighted by molar-refractivity contribution is 5.77. The first kappa shape index (κ1) is 10.9. The number of hydrogen-bond donors (Lipinski definition) is 0. The molecule has 1 aliphatic carbocycles. The first-order valence-electron chi connectivity index (χ1n) is 5.71. The van der Waals surface area contributed by atoms with Crippen LogP contribution in [-0.4, -0.2) is 26.3 Å². The molecule has 0 aromatic rings. The fourth-order valence-electron chi connectivity index (χ4n) is 2.85. The maximum absolute atomic E-state index is 11.8. The Morgan fingerprint density at radius 1 is 1.40 bits per heavy atom. The largest absolute Gasteiger partial charge is 0.469 e. The molecule has 86 valence electrons. The molecule has 1 aliphatic heterocycles. The van der Waals surface area contributed by atoms with E-state index in [1.54, 1.807) is 0 Å². The van der Waals surface area contributed by atoms with Gasteiger partial charge in [0.15, 0.2) is 0 Å². The molecular weight excluding hydrogens is 192 g/mol. The topological polar surface area (TPSA) is 35.5 Å². The van der Waals surface area contributed by atoms with Gasteiger partial charge in [-0.3, -0.25) is 4.79 Å². The molecule has 0 aromatic carbocycles. The van der Waals surface area contributed by atoms with Crippen LogP contribution in [0.4, 0.5) is 0 Å².